The first-order valence-corrected chi connectivity index (χ1v) is 10.7. The summed E-state index contributed by atoms with van der Waals surface area (Å²) in [4.78, 5) is 24.3. The van der Waals surface area contributed by atoms with Gasteiger partial charge in [0.25, 0.3) is 0 Å². The molecule has 4 N–H and O–H groups in total. The van der Waals surface area contributed by atoms with Gasteiger partial charge in [0.15, 0.2) is 0 Å². The number of carbonyl (C=O) groups excluding carboxylic acids is 2. The molecule has 2 aliphatic rings. The third-order valence-corrected chi connectivity index (χ3v) is 6.44. The Labute approximate surface area is 172 Å². The Bertz CT molecular complexity index is 627. The van der Waals surface area contributed by atoms with Gasteiger partial charge in [-0.05, 0) is 56.6 Å². The third-order valence-electron chi connectivity index (χ3n) is 5.51. The Morgan fingerprint density at radius 3 is 2.30 bits per heavy atom. The monoisotopic (exact) mass is 411 g/mol. The Hall–Kier alpha value is -1.24. The highest BCUT2D eigenvalue weighted by atomic mass is 35.5. The highest BCUT2D eigenvalue weighted by Gasteiger charge is 2.39. The molecule has 0 aromatic heterocycles. The Kier molecular flexibility index (Phi) is 8.45. The maximum atomic E-state index is 12.3. The van der Waals surface area contributed by atoms with Crippen LogP contribution in [-0.2, 0) is 9.59 Å². The van der Waals surface area contributed by atoms with Gasteiger partial charge in [0.05, 0.1) is 11.5 Å². The van der Waals surface area contributed by atoms with Crippen LogP contribution in [0, 0.1) is 18.8 Å². The van der Waals surface area contributed by atoms with E-state index in [2.05, 4.69) is 10.6 Å². The first kappa shape index (κ1) is 22.1. The average Bonchev–Trinajstić information content (AvgIpc) is 2.58. The van der Waals surface area contributed by atoms with E-state index in [0.717, 1.165) is 24.1 Å². The molecule has 3 rings (SSSR count). The van der Waals surface area contributed by atoms with Crippen molar-refractivity contribution in [3.05, 3.63) is 29.8 Å². The number of halogens is 1. The molecular formula is C20H30ClN3O2S. The third kappa shape index (κ3) is 6.40. The molecule has 0 saturated heterocycles. The number of hydrogen-bond acceptors (Lipinski definition) is 4. The van der Waals surface area contributed by atoms with E-state index >= 15 is 0 Å². The Morgan fingerprint density at radius 2 is 1.67 bits per heavy atom. The molecule has 2 aliphatic carbocycles. The summed E-state index contributed by atoms with van der Waals surface area (Å²) in [6.07, 6.45) is 5.63. The molecule has 5 nitrogen and oxygen atoms in total. The van der Waals surface area contributed by atoms with E-state index < -0.39 is 0 Å². The van der Waals surface area contributed by atoms with E-state index in [9.17, 15) is 9.59 Å². The molecule has 1 aromatic carbocycles. The number of hydrogen-bond donors (Lipinski definition) is 3. The lowest BCUT2D eigenvalue weighted by Gasteiger charge is -2.45. The van der Waals surface area contributed by atoms with Crippen molar-refractivity contribution in [2.75, 3.05) is 16.8 Å². The van der Waals surface area contributed by atoms with E-state index in [1.165, 1.54) is 31.0 Å². The van der Waals surface area contributed by atoms with Crippen molar-refractivity contribution in [1.29, 1.82) is 0 Å². The van der Waals surface area contributed by atoms with Crippen LogP contribution in [0.15, 0.2) is 24.3 Å². The largest absolute Gasteiger partial charge is 0.352 e. The maximum Gasteiger partial charge on any atom is 0.234 e. The zero-order valence-electron chi connectivity index (χ0n) is 15.8. The lowest BCUT2D eigenvalue weighted by Crippen LogP contribution is -2.54. The molecule has 2 atom stereocenters. The summed E-state index contributed by atoms with van der Waals surface area (Å²) in [6, 6.07) is 8.26. The SMILES string of the molecule is Cc1ccc(NC(=O)CSCC(=O)NC2C3CCCC2CC(N)C3)cc1.Cl. The number of anilines is 1. The number of carbonyl (C=O) groups is 2. The van der Waals surface area contributed by atoms with Gasteiger partial charge in [-0.15, -0.1) is 24.2 Å². The number of nitrogens with one attached hydrogen (secondary N) is 2. The van der Waals surface area contributed by atoms with E-state index in [-0.39, 0.29) is 36.0 Å². The number of benzene rings is 1. The zero-order valence-corrected chi connectivity index (χ0v) is 17.4. The number of thioether (sulfide) groups is 1. The highest BCUT2D eigenvalue weighted by molar-refractivity contribution is 8.00. The highest BCUT2D eigenvalue weighted by Crippen LogP contribution is 2.39. The Balaban J connectivity index is 0.00000261. The van der Waals surface area contributed by atoms with Crippen molar-refractivity contribution in [3.63, 3.8) is 0 Å². The summed E-state index contributed by atoms with van der Waals surface area (Å²) >= 11 is 1.36. The van der Waals surface area contributed by atoms with Crippen LogP contribution in [0.3, 0.4) is 0 Å². The van der Waals surface area contributed by atoms with Crippen LogP contribution < -0.4 is 16.4 Å². The van der Waals surface area contributed by atoms with Crippen molar-refractivity contribution in [1.82, 2.24) is 5.32 Å². The summed E-state index contributed by atoms with van der Waals surface area (Å²) in [5.74, 6) is 1.61. The molecule has 0 heterocycles. The topological polar surface area (TPSA) is 84.2 Å². The molecule has 2 unspecified atom stereocenters. The van der Waals surface area contributed by atoms with Crippen LogP contribution in [0.5, 0.6) is 0 Å². The van der Waals surface area contributed by atoms with Gasteiger partial charge in [0.2, 0.25) is 11.8 Å². The van der Waals surface area contributed by atoms with Crippen molar-refractivity contribution in [2.45, 2.75) is 51.1 Å². The van der Waals surface area contributed by atoms with Crippen LogP contribution in [0.1, 0.15) is 37.7 Å². The van der Waals surface area contributed by atoms with Crippen molar-refractivity contribution in [3.8, 4) is 0 Å². The molecule has 150 valence electrons. The molecule has 1 aromatic rings. The maximum absolute atomic E-state index is 12.3. The van der Waals surface area contributed by atoms with Crippen LogP contribution in [-0.4, -0.2) is 35.4 Å². The van der Waals surface area contributed by atoms with Gasteiger partial charge in [0, 0.05) is 17.8 Å². The molecule has 0 spiro atoms. The van der Waals surface area contributed by atoms with E-state index in [4.69, 9.17) is 5.73 Å². The fraction of sp³-hybridized carbons (Fsp3) is 0.600. The number of nitrogens with two attached hydrogens (primary N) is 1. The fourth-order valence-corrected chi connectivity index (χ4v) is 4.95. The summed E-state index contributed by atoms with van der Waals surface area (Å²) in [5, 5.41) is 6.08. The minimum Gasteiger partial charge on any atom is -0.352 e. The molecule has 27 heavy (non-hydrogen) atoms. The van der Waals surface area contributed by atoms with E-state index in [1.54, 1.807) is 0 Å². The van der Waals surface area contributed by atoms with Gasteiger partial charge in [-0.2, -0.15) is 0 Å². The molecule has 7 heteroatoms. The van der Waals surface area contributed by atoms with Crippen molar-refractivity contribution in [2.24, 2.45) is 17.6 Å². The minimum atomic E-state index is -0.0767. The van der Waals surface area contributed by atoms with Crippen LogP contribution >= 0.6 is 24.2 Å². The van der Waals surface area contributed by atoms with E-state index in [0.29, 0.717) is 23.6 Å². The summed E-state index contributed by atoms with van der Waals surface area (Å²) in [5.41, 5.74) is 8.09. The van der Waals surface area contributed by atoms with Crippen molar-refractivity contribution < 1.29 is 9.59 Å². The summed E-state index contributed by atoms with van der Waals surface area (Å²) in [6.45, 7) is 2.01. The zero-order chi connectivity index (χ0) is 18.5. The van der Waals surface area contributed by atoms with Crippen LogP contribution in [0.2, 0.25) is 0 Å². The second-order valence-electron chi connectivity index (χ2n) is 7.68. The Morgan fingerprint density at radius 1 is 1.07 bits per heavy atom. The normalized spacial score (nSPS) is 26.6. The second-order valence-corrected chi connectivity index (χ2v) is 8.67. The van der Waals surface area contributed by atoms with Crippen LogP contribution in [0.25, 0.3) is 0 Å². The van der Waals surface area contributed by atoms with E-state index in [1.807, 2.05) is 31.2 Å². The predicted molar refractivity (Wildman–Crippen MR) is 114 cm³/mol. The fourth-order valence-electron chi connectivity index (χ4n) is 4.32. The number of aryl methyl sites for hydroxylation is 1. The molecule has 2 saturated carbocycles. The number of fused-ring (bicyclic) bond motifs is 2. The number of amides is 2. The molecule has 2 amide bonds. The number of rotatable bonds is 6. The lowest BCUT2D eigenvalue weighted by atomic mass is 9.67. The standard InChI is InChI=1S/C20H29N3O2S.ClH/c1-13-5-7-17(8-6-13)22-18(24)11-26-12-19(25)23-20-14-3-2-4-15(20)10-16(21)9-14;/h5-8,14-16,20H,2-4,9-12,21H2,1H3,(H,22,24)(H,23,25);1H. The predicted octanol–water partition coefficient (Wildman–Crippen LogP) is 3.11. The first-order chi connectivity index (χ1) is 12.5. The molecule has 2 bridgehead atoms. The smallest absolute Gasteiger partial charge is 0.234 e. The lowest BCUT2D eigenvalue weighted by molar-refractivity contribution is -0.120. The van der Waals surface area contributed by atoms with Gasteiger partial charge in [0.1, 0.15) is 0 Å². The van der Waals surface area contributed by atoms with Gasteiger partial charge in [-0.25, -0.2) is 0 Å². The summed E-state index contributed by atoms with van der Waals surface area (Å²) < 4.78 is 0. The van der Waals surface area contributed by atoms with Gasteiger partial charge >= 0.3 is 0 Å². The van der Waals surface area contributed by atoms with Gasteiger partial charge < -0.3 is 16.4 Å². The molecule has 0 radical (unpaired) electrons. The average molecular weight is 412 g/mol. The minimum absolute atomic E-state index is 0. The van der Waals surface area contributed by atoms with Gasteiger partial charge in [-0.3, -0.25) is 9.59 Å². The quantitative estimate of drug-likeness (QED) is 0.671. The van der Waals surface area contributed by atoms with Crippen LogP contribution in [0.4, 0.5) is 5.69 Å². The second kappa shape index (κ2) is 10.3. The molecular weight excluding hydrogens is 382 g/mol. The molecule has 2 fully saturated rings. The van der Waals surface area contributed by atoms with Crippen molar-refractivity contribution >= 4 is 41.7 Å². The molecule has 0 aliphatic heterocycles. The summed E-state index contributed by atoms with van der Waals surface area (Å²) in [7, 11) is 0. The first-order valence-electron chi connectivity index (χ1n) is 9.50. The van der Waals surface area contributed by atoms with Gasteiger partial charge in [-0.1, -0.05) is 24.1 Å².